The maximum atomic E-state index is 12.0. The maximum absolute atomic E-state index is 12.0. The lowest BCUT2D eigenvalue weighted by Gasteiger charge is -2.12. The van der Waals surface area contributed by atoms with Crippen molar-refractivity contribution < 1.29 is 17.9 Å². The number of ether oxygens (including phenoxy) is 1. The molecule has 0 spiro atoms. The number of carbonyl (C=O) groups excluding carboxylic acids is 1. The van der Waals surface area contributed by atoms with Gasteiger partial charge in [-0.05, 0) is 35.4 Å². The molecule has 2 aromatic carbocycles. The normalized spacial score (nSPS) is 11.4. The standard InChI is InChI=1S/C18H23N3O4S/c1-21(2)26(23,24)17-9-7-14(8-10-17)12-19-18(22)20-16-6-4-5-15(11-16)13-25-3/h4-11H,12-13H2,1-3H3,(H2,19,20,22). The third-order valence-electron chi connectivity index (χ3n) is 3.65. The molecule has 8 heteroatoms. The van der Waals surface area contributed by atoms with E-state index in [1.54, 1.807) is 25.3 Å². The smallest absolute Gasteiger partial charge is 0.319 e. The van der Waals surface area contributed by atoms with E-state index in [0.29, 0.717) is 12.3 Å². The highest BCUT2D eigenvalue weighted by molar-refractivity contribution is 7.89. The van der Waals surface area contributed by atoms with Crippen molar-refractivity contribution >= 4 is 21.7 Å². The minimum absolute atomic E-state index is 0.214. The molecular weight excluding hydrogens is 354 g/mol. The van der Waals surface area contributed by atoms with E-state index in [1.807, 2.05) is 18.2 Å². The summed E-state index contributed by atoms with van der Waals surface area (Å²) in [6, 6.07) is 13.4. The molecule has 2 amide bonds. The van der Waals surface area contributed by atoms with Crippen LogP contribution in [-0.4, -0.2) is 40.0 Å². The molecule has 0 aliphatic carbocycles. The second-order valence-electron chi connectivity index (χ2n) is 5.87. The van der Waals surface area contributed by atoms with Crippen LogP contribution >= 0.6 is 0 Å². The molecule has 2 N–H and O–H groups in total. The predicted octanol–water partition coefficient (Wildman–Crippen LogP) is 2.41. The van der Waals surface area contributed by atoms with Crippen LogP contribution < -0.4 is 10.6 Å². The molecule has 0 saturated heterocycles. The Morgan fingerprint density at radius 3 is 2.38 bits per heavy atom. The summed E-state index contributed by atoms with van der Waals surface area (Å²) in [6.07, 6.45) is 0. The molecular formula is C18H23N3O4S. The average molecular weight is 377 g/mol. The molecule has 0 heterocycles. The molecule has 2 aromatic rings. The van der Waals surface area contributed by atoms with Gasteiger partial charge in [0.1, 0.15) is 0 Å². The third-order valence-corrected chi connectivity index (χ3v) is 5.48. The summed E-state index contributed by atoms with van der Waals surface area (Å²) >= 11 is 0. The summed E-state index contributed by atoms with van der Waals surface area (Å²) in [5, 5.41) is 5.49. The Balaban J connectivity index is 1.92. The monoisotopic (exact) mass is 377 g/mol. The van der Waals surface area contributed by atoms with Crippen LogP contribution in [0.2, 0.25) is 0 Å². The first-order chi connectivity index (χ1) is 12.3. The van der Waals surface area contributed by atoms with E-state index in [4.69, 9.17) is 4.74 Å². The quantitative estimate of drug-likeness (QED) is 0.776. The predicted molar refractivity (Wildman–Crippen MR) is 100 cm³/mol. The number of nitrogens with zero attached hydrogens (tertiary/aromatic N) is 1. The van der Waals surface area contributed by atoms with Crippen molar-refractivity contribution in [3.05, 3.63) is 59.7 Å². The van der Waals surface area contributed by atoms with Crippen LogP contribution in [0.1, 0.15) is 11.1 Å². The highest BCUT2D eigenvalue weighted by atomic mass is 32.2. The van der Waals surface area contributed by atoms with E-state index in [1.165, 1.54) is 26.2 Å². The molecule has 0 aliphatic heterocycles. The zero-order valence-electron chi connectivity index (χ0n) is 15.0. The van der Waals surface area contributed by atoms with Gasteiger partial charge in [0.15, 0.2) is 0 Å². The van der Waals surface area contributed by atoms with Gasteiger partial charge < -0.3 is 15.4 Å². The molecule has 2 rings (SSSR count). The van der Waals surface area contributed by atoms with E-state index in [9.17, 15) is 13.2 Å². The fourth-order valence-electron chi connectivity index (χ4n) is 2.25. The second-order valence-corrected chi connectivity index (χ2v) is 8.02. The highest BCUT2D eigenvalue weighted by Gasteiger charge is 2.16. The molecule has 0 fully saturated rings. The molecule has 0 aliphatic rings. The first-order valence-electron chi connectivity index (χ1n) is 7.97. The van der Waals surface area contributed by atoms with E-state index in [2.05, 4.69) is 10.6 Å². The van der Waals surface area contributed by atoms with Crippen molar-refractivity contribution in [2.75, 3.05) is 26.5 Å². The Morgan fingerprint density at radius 1 is 1.08 bits per heavy atom. The van der Waals surface area contributed by atoms with E-state index in [0.717, 1.165) is 15.4 Å². The van der Waals surface area contributed by atoms with Gasteiger partial charge in [-0.2, -0.15) is 0 Å². The summed E-state index contributed by atoms with van der Waals surface area (Å²) in [6.45, 7) is 0.755. The summed E-state index contributed by atoms with van der Waals surface area (Å²) in [4.78, 5) is 12.2. The van der Waals surface area contributed by atoms with Gasteiger partial charge in [-0.25, -0.2) is 17.5 Å². The molecule has 26 heavy (non-hydrogen) atoms. The van der Waals surface area contributed by atoms with Gasteiger partial charge in [0, 0.05) is 33.4 Å². The van der Waals surface area contributed by atoms with Gasteiger partial charge in [0.25, 0.3) is 0 Å². The number of nitrogens with one attached hydrogen (secondary N) is 2. The van der Waals surface area contributed by atoms with Crippen molar-refractivity contribution in [2.45, 2.75) is 18.0 Å². The highest BCUT2D eigenvalue weighted by Crippen LogP contribution is 2.14. The Kier molecular flexibility index (Phi) is 6.73. The van der Waals surface area contributed by atoms with Crippen LogP contribution in [0.4, 0.5) is 10.5 Å². The minimum atomic E-state index is -3.45. The molecule has 0 bridgehead atoms. The average Bonchev–Trinajstić information content (AvgIpc) is 2.61. The van der Waals surface area contributed by atoms with Crippen LogP contribution in [0, 0.1) is 0 Å². The summed E-state index contributed by atoms with van der Waals surface area (Å²) < 4.78 is 30.3. The van der Waals surface area contributed by atoms with E-state index < -0.39 is 10.0 Å². The second kappa shape index (κ2) is 8.79. The number of hydrogen-bond acceptors (Lipinski definition) is 4. The number of rotatable bonds is 7. The molecule has 0 radical (unpaired) electrons. The molecule has 7 nitrogen and oxygen atoms in total. The number of benzene rings is 2. The fraction of sp³-hybridized carbons (Fsp3) is 0.278. The zero-order chi connectivity index (χ0) is 19.2. The largest absolute Gasteiger partial charge is 0.380 e. The van der Waals surface area contributed by atoms with Crippen molar-refractivity contribution in [1.82, 2.24) is 9.62 Å². The van der Waals surface area contributed by atoms with Crippen molar-refractivity contribution in [3.63, 3.8) is 0 Å². The van der Waals surface area contributed by atoms with E-state index >= 15 is 0 Å². The number of urea groups is 1. The Morgan fingerprint density at radius 2 is 1.77 bits per heavy atom. The van der Waals surface area contributed by atoms with Crippen LogP contribution in [0.5, 0.6) is 0 Å². The summed E-state index contributed by atoms with van der Waals surface area (Å²) in [5.74, 6) is 0. The van der Waals surface area contributed by atoms with Crippen LogP contribution in [0.15, 0.2) is 53.4 Å². The van der Waals surface area contributed by atoms with Gasteiger partial charge in [-0.15, -0.1) is 0 Å². The molecule has 0 unspecified atom stereocenters. The van der Waals surface area contributed by atoms with Crippen molar-refractivity contribution in [1.29, 1.82) is 0 Å². The lowest BCUT2D eigenvalue weighted by atomic mass is 10.2. The summed E-state index contributed by atoms with van der Waals surface area (Å²) in [7, 11) is 1.13. The molecule has 0 atom stereocenters. The van der Waals surface area contributed by atoms with Gasteiger partial charge >= 0.3 is 6.03 Å². The SMILES string of the molecule is COCc1cccc(NC(=O)NCc2ccc(S(=O)(=O)N(C)C)cc2)c1. The van der Waals surface area contributed by atoms with Crippen LogP contribution in [-0.2, 0) is 27.9 Å². The van der Waals surface area contributed by atoms with E-state index in [-0.39, 0.29) is 17.5 Å². The number of carbonyl (C=O) groups is 1. The Hall–Kier alpha value is -2.42. The Bertz CT molecular complexity index is 849. The zero-order valence-corrected chi connectivity index (χ0v) is 15.8. The Labute approximate surface area is 154 Å². The number of hydrogen-bond donors (Lipinski definition) is 2. The molecule has 140 valence electrons. The van der Waals surface area contributed by atoms with Gasteiger partial charge in [0.05, 0.1) is 11.5 Å². The topological polar surface area (TPSA) is 87.7 Å². The third kappa shape index (κ3) is 5.29. The summed E-state index contributed by atoms with van der Waals surface area (Å²) in [5.41, 5.74) is 2.43. The first-order valence-corrected chi connectivity index (χ1v) is 9.41. The van der Waals surface area contributed by atoms with Gasteiger partial charge in [0.2, 0.25) is 10.0 Å². The number of methoxy groups -OCH3 is 1. The van der Waals surface area contributed by atoms with Gasteiger partial charge in [-0.3, -0.25) is 0 Å². The first kappa shape index (κ1) is 19.9. The minimum Gasteiger partial charge on any atom is -0.380 e. The van der Waals surface area contributed by atoms with Gasteiger partial charge in [-0.1, -0.05) is 24.3 Å². The molecule has 0 aromatic heterocycles. The number of sulfonamides is 1. The van der Waals surface area contributed by atoms with Crippen molar-refractivity contribution in [2.24, 2.45) is 0 Å². The van der Waals surface area contributed by atoms with Crippen molar-refractivity contribution in [3.8, 4) is 0 Å². The number of amides is 2. The van der Waals surface area contributed by atoms with Crippen LogP contribution in [0.3, 0.4) is 0 Å². The fourth-order valence-corrected chi connectivity index (χ4v) is 3.15. The van der Waals surface area contributed by atoms with Crippen LogP contribution in [0.25, 0.3) is 0 Å². The molecule has 0 saturated carbocycles. The lowest BCUT2D eigenvalue weighted by molar-refractivity contribution is 0.185. The number of anilines is 1. The lowest BCUT2D eigenvalue weighted by Crippen LogP contribution is -2.28. The maximum Gasteiger partial charge on any atom is 0.319 e.